The summed E-state index contributed by atoms with van der Waals surface area (Å²) in [5.41, 5.74) is -1.50. The lowest BCUT2D eigenvalue weighted by atomic mass is 10.0. The van der Waals surface area contributed by atoms with Gasteiger partial charge in [0.05, 0.1) is 11.1 Å². The molecule has 1 aromatic heterocycles. The van der Waals surface area contributed by atoms with Crippen LogP contribution in [0.15, 0.2) is 36.4 Å². The number of carbonyl (C=O) groups excluding carboxylic acids is 2. The number of carbonyl (C=O) groups is 2. The fourth-order valence-electron chi connectivity index (χ4n) is 5.20. The summed E-state index contributed by atoms with van der Waals surface area (Å²) in [6.45, 7) is 2.33. The highest BCUT2D eigenvalue weighted by atomic mass is 19.4. The molecule has 2 fully saturated rings. The van der Waals surface area contributed by atoms with Crippen LogP contribution in [0.5, 0.6) is 0 Å². The van der Waals surface area contributed by atoms with Crippen molar-refractivity contribution in [2.24, 2.45) is 0 Å². The van der Waals surface area contributed by atoms with Gasteiger partial charge >= 0.3 is 18.4 Å². The van der Waals surface area contributed by atoms with E-state index >= 15 is 0 Å². The van der Waals surface area contributed by atoms with Crippen LogP contribution in [0.25, 0.3) is 11.0 Å². The molecule has 0 aliphatic carbocycles. The van der Waals surface area contributed by atoms with Gasteiger partial charge in [-0.3, -0.25) is 9.69 Å². The first-order valence-corrected chi connectivity index (χ1v) is 12.9. The number of amides is 2. The molecule has 2 amide bonds. The van der Waals surface area contributed by atoms with E-state index in [2.05, 4.69) is 20.3 Å². The fraction of sp³-hybridized carbons (Fsp3) is 0.462. The van der Waals surface area contributed by atoms with Crippen LogP contribution in [0.1, 0.15) is 39.9 Å². The van der Waals surface area contributed by atoms with E-state index in [0.717, 1.165) is 0 Å². The molecule has 2 aliphatic heterocycles. The van der Waals surface area contributed by atoms with Crippen molar-refractivity contribution in [3.63, 3.8) is 0 Å². The second-order valence-electron chi connectivity index (χ2n) is 10.0. The number of hydrogen-bond acceptors (Lipinski definition) is 6. The number of nitrogens with one attached hydrogen (secondary N) is 1. The van der Waals surface area contributed by atoms with Crippen molar-refractivity contribution < 1.29 is 40.7 Å². The van der Waals surface area contributed by atoms with Crippen molar-refractivity contribution in [3.05, 3.63) is 58.7 Å². The standard InChI is InChI=1S/C26H26F6N6O3/c27-25(28,29)18-11-16(12-19(14-18)26(30,31)32)15-41-24(40)38-5-3-20(4-6-38)36-7-9-37(10-8-36)23(39)17-1-2-21-22(13-17)34-35-33-21/h1-2,11-14,20H,3-10,15H2,(H,33,34,35). The highest BCUT2D eigenvalue weighted by Gasteiger charge is 2.37. The zero-order valence-electron chi connectivity index (χ0n) is 21.6. The quantitative estimate of drug-likeness (QED) is 0.453. The van der Waals surface area contributed by atoms with E-state index < -0.39 is 41.7 Å². The Morgan fingerprint density at radius 3 is 2.02 bits per heavy atom. The molecule has 3 heterocycles. The number of benzene rings is 2. The highest BCUT2D eigenvalue weighted by Crippen LogP contribution is 2.36. The molecule has 0 unspecified atom stereocenters. The summed E-state index contributed by atoms with van der Waals surface area (Å²) in [6.07, 6.45) is -9.52. The Morgan fingerprint density at radius 2 is 1.41 bits per heavy atom. The van der Waals surface area contributed by atoms with Crippen LogP contribution >= 0.6 is 0 Å². The predicted molar refractivity (Wildman–Crippen MR) is 133 cm³/mol. The zero-order valence-corrected chi connectivity index (χ0v) is 21.6. The highest BCUT2D eigenvalue weighted by molar-refractivity contribution is 5.97. The number of hydrogen-bond donors (Lipinski definition) is 1. The minimum Gasteiger partial charge on any atom is -0.445 e. The first-order chi connectivity index (χ1) is 19.4. The topological polar surface area (TPSA) is 94.7 Å². The van der Waals surface area contributed by atoms with Crippen LogP contribution in [0.3, 0.4) is 0 Å². The van der Waals surface area contributed by atoms with Crippen molar-refractivity contribution in [2.75, 3.05) is 39.3 Å². The van der Waals surface area contributed by atoms with Gasteiger partial charge in [0.2, 0.25) is 0 Å². The Hall–Kier alpha value is -3.88. The van der Waals surface area contributed by atoms with Crippen molar-refractivity contribution in [1.29, 1.82) is 0 Å². The van der Waals surface area contributed by atoms with Crippen molar-refractivity contribution in [3.8, 4) is 0 Å². The van der Waals surface area contributed by atoms with E-state index in [0.29, 0.717) is 80.8 Å². The van der Waals surface area contributed by atoms with Gasteiger partial charge < -0.3 is 14.5 Å². The van der Waals surface area contributed by atoms with E-state index in [4.69, 9.17) is 4.74 Å². The number of ether oxygens (including phenoxy) is 1. The normalized spacial score (nSPS) is 17.7. The molecule has 2 aromatic carbocycles. The first-order valence-electron chi connectivity index (χ1n) is 12.9. The number of likely N-dealkylation sites (tertiary alicyclic amines) is 1. The van der Waals surface area contributed by atoms with Gasteiger partial charge in [-0.05, 0) is 54.8 Å². The molecule has 0 radical (unpaired) electrons. The monoisotopic (exact) mass is 584 g/mol. The summed E-state index contributed by atoms with van der Waals surface area (Å²) in [4.78, 5) is 30.9. The Labute approximate surface area is 230 Å². The SMILES string of the molecule is O=C(OCc1cc(C(F)(F)F)cc(C(F)(F)F)c1)N1CCC(N2CCN(C(=O)c3ccc4n[nH]nc4c3)CC2)CC1. The molecular formula is C26H26F6N6O3. The van der Waals surface area contributed by atoms with Gasteiger partial charge in [-0.2, -0.15) is 41.8 Å². The number of H-pyrrole nitrogens is 1. The average molecular weight is 585 g/mol. The third-order valence-electron chi connectivity index (χ3n) is 7.41. The smallest absolute Gasteiger partial charge is 0.416 e. The van der Waals surface area contributed by atoms with Crippen molar-refractivity contribution in [1.82, 2.24) is 30.1 Å². The van der Waals surface area contributed by atoms with Crippen molar-refractivity contribution in [2.45, 2.75) is 37.8 Å². The first kappa shape index (κ1) is 28.6. The molecule has 0 bridgehead atoms. The van der Waals surface area contributed by atoms with Crippen LogP contribution in [0, 0.1) is 0 Å². The molecule has 0 saturated carbocycles. The van der Waals surface area contributed by atoms with Gasteiger partial charge in [-0.15, -0.1) is 0 Å². The second kappa shape index (κ2) is 11.2. The van der Waals surface area contributed by atoms with E-state index in [1.807, 2.05) is 0 Å². The van der Waals surface area contributed by atoms with E-state index in [1.165, 1.54) is 4.90 Å². The molecule has 41 heavy (non-hydrogen) atoms. The molecule has 0 spiro atoms. The number of nitrogens with zero attached hydrogens (tertiary/aromatic N) is 5. The lowest BCUT2D eigenvalue weighted by Gasteiger charge is -2.42. The van der Waals surface area contributed by atoms with Gasteiger partial charge in [-0.1, -0.05) is 0 Å². The lowest BCUT2D eigenvalue weighted by Crippen LogP contribution is -2.54. The van der Waals surface area contributed by atoms with Gasteiger partial charge in [-0.25, -0.2) is 4.79 Å². The fourth-order valence-corrected chi connectivity index (χ4v) is 5.20. The van der Waals surface area contributed by atoms with E-state index in [-0.39, 0.29) is 18.0 Å². The van der Waals surface area contributed by atoms with Gasteiger partial charge in [0.15, 0.2) is 0 Å². The van der Waals surface area contributed by atoms with Gasteiger partial charge in [0.1, 0.15) is 17.6 Å². The van der Waals surface area contributed by atoms with Crippen LogP contribution in [-0.2, 0) is 23.7 Å². The van der Waals surface area contributed by atoms with Crippen LogP contribution in [-0.4, -0.2) is 87.4 Å². The molecule has 2 aliphatic rings. The van der Waals surface area contributed by atoms with Gasteiger partial charge in [0.25, 0.3) is 5.91 Å². The largest absolute Gasteiger partial charge is 0.445 e. The Balaban J connectivity index is 1.10. The maximum absolute atomic E-state index is 13.1. The number of halogens is 6. The number of piperazine rings is 1. The summed E-state index contributed by atoms with van der Waals surface area (Å²) in [6, 6.07) is 6.45. The summed E-state index contributed by atoms with van der Waals surface area (Å²) < 4.78 is 83.6. The number of alkyl halides is 6. The number of aromatic nitrogens is 3. The molecule has 5 rings (SSSR count). The maximum atomic E-state index is 13.1. The number of aromatic amines is 1. The summed E-state index contributed by atoms with van der Waals surface area (Å²) >= 11 is 0. The second-order valence-corrected chi connectivity index (χ2v) is 10.0. The molecule has 0 atom stereocenters. The third kappa shape index (κ3) is 6.55. The van der Waals surface area contributed by atoms with Crippen LogP contribution < -0.4 is 0 Å². The maximum Gasteiger partial charge on any atom is 0.416 e. The molecule has 3 aromatic rings. The number of fused-ring (bicyclic) bond motifs is 1. The van der Waals surface area contributed by atoms with Crippen LogP contribution in [0.4, 0.5) is 31.1 Å². The summed E-state index contributed by atoms with van der Waals surface area (Å²) in [5.74, 6) is -0.0877. The Morgan fingerprint density at radius 1 is 0.805 bits per heavy atom. The Kier molecular flexibility index (Phi) is 7.81. The molecule has 9 nitrogen and oxygen atoms in total. The zero-order chi connectivity index (χ0) is 29.4. The van der Waals surface area contributed by atoms with E-state index in [9.17, 15) is 35.9 Å². The number of rotatable bonds is 4. The van der Waals surface area contributed by atoms with Crippen molar-refractivity contribution >= 4 is 23.0 Å². The minimum absolute atomic E-state index is 0.0311. The van der Waals surface area contributed by atoms with Crippen LogP contribution in [0.2, 0.25) is 0 Å². The third-order valence-corrected chi connectivity index (χ3v) is 7.41. The van der Waals surface area contributed by atoms with E-state index in [1.54, 1.807) is 23.1 Å². The summed E-state index contributed by atoms with van der Waals surface area (Å²) in [5, 5.41) is 10.5. The molecule has 15 heteroatoms. The minimum atomic E-state index is -4.98. The van der Waals surface area contributed by atoms with Gasteiger partial charge in [0, 0.05) is 50.9 Å². The number of piperidine rings is 1. The average Bonchev–Trinajstić information content (AvgIpc) is 3.43. The lowest BCUT2D eigenvalue weighted by molar-refractivity contribution is -0.143. The Bertz CT molecular complexity index is 1380. The molecule has 220 valence electrons. The molecule has 1 N–H and O–H groups in total. The predicted octanol–water partition coefficient (Wildman–Crippen LogP) is 4.55. The molecular weight excluding hydrogens is 558 g/mol. The summed E-state index contributed by atoms with van der Waals surface area (Å²) in [7, 11) is 0. The molecule has 2 saturated heterocycles.